The molecule has 96 valence electrons. The Hall–Kier alpha value is -0.870. The summed E-state index contributed by atoms with van der Waals surface area (Å²) in [7, 11) is 3.37. The maximum Gasteiger partial charge on any atom is 0.123 e. The largest absolute Gasteiger partial charge is 0.497 e. The second-order valence-corrected chi connectivity index (χ2v) is 4.76. The molecule has 1 unspecified atom stereocenters. The van der Waals surface area contributed by atoms with Gasteiger partial charge < -0.3 is 14.8 Å². The van der Waals surface area contributed by atoms with Gasteiger partial charge in [-0.25, -0.2) is 0 Å². The van der Waals surface area contributed by atoms with Gasteiger partial charge in [-0.1, -0.05) is 0 Å². The molecule has 1 N–H and O–H groups in total. The summed E-state index contributed by atoms with van der Waals surface area (Å²) in [6.07, 6.45) is 2.11. The normalized spacial score (nSPS) is 12.2. The van der Waals surface area contributed by atoms with Crippen molar-refractivity contribution >= 4 is 11.8 Å². The summed E-state index contributed by atoms with van der Waals surface area (Å²) in [6, 6.07) is 6.14. The summed E-state index contributed by atoms with van der Waals surface area (Å²) in [5.74, 6) is 2.87. The molecule has 4 heteroatoms. The Kier molecular flexibility index (Phi) is 6.22. The van der Waals surface area contributed by atoms with Gasteiger partial charge in [0.25, 0.3) is 0 Å². The first kappa shape index (κ1) is 14.2. The minimum atomic E-state index is 0.257. The molecule has 0 bridgehead atoms. The van der Waals surface area contributed by atoms with Crippen molar-refractivity contribution in [1.82, 2.24) is 5.32 Å². The van der Waals surface area contributed by atoms with E-state index in [2.05, 4.69) is 18.5 Å². The van der Waals surface area contributed by atoms with Gasteiger partial charge in [0, 0.05) is 23.9 Å². The molecule has 0 heterocycles. The lowest BCUT2D eigenvalue weighted by Gasteiger charge is -2.18. The van der Waals surface area contributed by atoms with Crippen LogP contribution < -0.4 is 14.8 Å². The van der Waals surface area contributed by atoms with Crippen molar-refractivity contribution < 1.29 is 9.47 Å². The van der Waals surface area contributed by atoms with Crippen LogP contribution in [0.2, 0.25) is 0 Å². The Morgan fingerprint density at radius 1 is 1.29 bits per heavy atom. The number of rotatable bonds is 7. The third-order valence-corrected chi connectivity index (χ3v) is 3.27. The van der Waals surface area contributed by atoms with Crippen LogP contribution in [0, 0.1) is 0 Å². The van der Waals surface area contributed by atoms with E-state index in [4.69, 9.17) is 9.47 Å². The highest BCUT2D eigenvalue weighted by Crippen LogP contribution is 2.29. The minimum Gasteiger partial charge on any atom is -0.497 e. The van der Waals surface area contributed by atoms with Crippen LogP contribution in [0.4, 0.5) is 0 Å². The van der Waals surface area contributed by atoms with Crippen LogP contribution >= 0.6 is 11.8 Å². The van der Waals surface area contributed by atoms with E-state index >= 15 is 0 Å². The summed E-state index contributed by atoms with van der Waals surface area (Å²) >= 11 is 1.84. The second kappa shape index (κ2) is 7.45. The fourth-order valence-corrected chi connectivity index (χ4v) is 1.99. The Morgan fingerprint density at radius 2 is 2.06 bits per heavy atom. The van der Waals surface area contributed by atoms with Crippen molar-refractivity contribution in [3.63, 3.8) is 0 Å². The SMILES string of the molecule is COc1ccc(OC)c(C(C)NCCSC)c1. The van der Waals surface area contributed by atoms with Gasteiger partial charge in [0.2, 0.25) is 0 Å². The topological polar surface area (TPSA) is 30.5 Å². The summed E-state index contributed by atoms with van der Waals surface area (Å²) in [5, 5.41) is 3.47. The number of ether oxygens (including phenoxy) is 2. The van der Waals surface area contributed by atoms with Gasteiger partial charge in [0.05, 0.1) is 14.2 Å². The lowest BCUT2D eigenvalue weighted by Crippen LogP contribution is -2.21. The predicted molar refractivity (Wildman–Crippen MR) is 74.3 cm³/mol. The first-order chi connectivity index (χ1) is 8.22. The van der Waals surface area contributed by atoms with Crippen LogP contribution in [0.25, 0.3) is 0 Å². The van der Waals surface area contributed by atoms with Gasteiger partial charge in [0.1, 0.15) is 11.5 Å². The van der Waals surface area contributed by atoms with Gasteiger partial charge in [-0.15, -0.1) is 0 Å². The highest BCUT2D eigenvalue weighted by molar-refractivity contribution is 7.98. The van der Waals surface area contributed by atoms with Crippen LogP contribution in [0.15, 0.2) is 18.2 Å². The smallest absolute Gasteiger partial charge is 0.123 e. The molecule has 0 aliphatic rings. The fourth-order valence-electron chi connectivity index (χ4n) is 1.67. The van der Waals surface area contributed by atoms with Crippen molar-refractivity contribution in [2.45, 2.75) is 13.0 Å². The van der Waals surface area contributed by atoms with E-state index < -0.39 is 0 Å². The monoisotopic (exact) mass is 255 g/mol. The Morgan fingerprint density at radius 3 is 2.65 bits per heavy atom. The predicted octanol–water partition coefficient (Wildman–Crippen LogP) is 2.72. The van der Waals surface area contributed by atoms with Crippen molar-refractivity contribution in [2.24, 2.45) is 0 Å². The average Bonchev–Trinajstić information content (AvgIpc) is 2.38. The zero-order chi connectivity index (χ0) is 12.7. The molecule has 1 rings (SSSR count). The third kappa shape index (κ3) is 4.13. The molecule has 3 nitrogen and oxygen atoms in total. The van der Waals surface area contributed by atoms with Crippen LogP contribution in [0.5, 0.6) is 11.5 Å². The van der Waals surface area contributed by atoms with E-state index in [9.17, 15) is 0 Å². The zero-order valence-electron chi connectivity index (χ0n) is 10.9. The summed E-state index contributed by atoms with van der Waals surface area (Å²) in [4.78, 5) is 0. The molecular weight excluding hydrogens is 234 g/mol. The molecule has 0 saturated heterocycles. The van der Waals surface area contributed by atoms with Crippen molar-refractivity contribution in [1.29, 1.82) is 0 Å². The van der Waals surface area contributed by atoms with E-state index in [1.807, 2.05) is 30.0 Å². The number of benzene rings is 1. The van der Waals surface area contributed by atoms with Crippen LogP contribution in [-0.2, 0) is 0 Å². The first-order valence-electron chi connectivity index (χ1n) is 5.67. The molecule has 0 spiro atoms. The highest BCUT2D eigenvalue weighted by atomic mass is 32.2. The lowest BCUT2D eigenvalue weighted by molar-refractivity contribution is 0.392. The summed E-state index contributed by atoms with van der Waals surface area (Å²) in [6.45, 7) is 3.13. The minimum absolute atomic E-state index is 0.257. The number of nitrogens with one attached hydrogen (secondary N) is 1. The standard InChI is InChI=1S/C13H21NO2S/c1-10(14-7-8-17-4)12-9-11(15-2)5-6-13(12)16-3/h5-6,9-10,14H,7-8H2,1-4H3. The Balaban J connectivity index is 2.78. The van der Waals surface area contributed by atoms with Gasteiger partial charge in [-0.05, 0) is 31.4 Å². The average molecular weight is 255 g/mol. The third-order valence-electron chi connectivity index (χ3n) is 2.66. The quantitative estimate of drug-likeness (QED) is 0.759. The van der Waals surface area contributed by atoms with Crippen molar-refractivity contribution in [3.05, 3.63) is 23.8 Å². The highest BCUT2D eigenvalue weighted by Gasteiger charge is 2.11. The van der Waals surface area contributed by atoms with Crippen LogP contribution in [0.1, 0.15) is 18.5 Å². The molecule has 0 fully saturated rings. The molecule has 1 aromatic carbocycles. The molecule has 0 amide bonds. The molecule has 1 atom stereocenters. The zero-order valence-corrected chi connectivity index (χ0v) is 11.8. The van der Waals surface area contributed by atoms with E-state index in [0.717, 1.165) is 29.4 Å². The van der Waals surface area contributed by atoms with E-state index in [0.29, 0.717) is 0 Å². The molecule has 17 heavy (non-hydrogen) atoms. The fraction of sp³-hybridized carbons (Fsp3) is 0.538. The number of hydrogen-bond acceptors (Lipinski definition) is 4. The summed E-state index contributed by atoms with van der Waals surface area (Å²) in [5.41, 5.74) is 1.13. The van der Waals surface area contributed by atoms with Gasteiger partial charge >= 0.3 is 0 Å². The molecule has 0 aliphatic heterocycles. The first-order valence-corrected chi connectivity index (χ1v) is 7.06. The number of thioether (sulfide) groups is 1. The molecule has 0 aliphatic carbocycles. The molecule has 1 aromatic rings. The molecule has 0 saturated carbocycles. The van der Waals surface area contributed by atoms with Crippen molar-refractivity contribution in [3.8, 4) is 11.5 Å². The second-order valence-electron chi connectivity index (χ2n) is 3.78. The van der Waals surface area contributed by atoms with Gasteiger partial charge in [-0.2, -0.15) is 11.8 Å². The van der Waals surface area contributed by atoms with Crippen LogP contribution in [-0.4, -0.2) is 32.8 Å². The van der Waals surface area contributed by atoms with Crippen molar-refractivity contribution in [2.75, 3.05) is 32.8 Å². The molecule has 0 aromatic heterocycles. The Labute approximate surface area is 108 Å². The molecular formula is C13H21NO2S. The van der Waals surface area contributed by atoms with Gasteiger partial charge in [-0.3, -0.25) is 0 Å². The van der Waals surface area contributed by atoms with E-state index in [-0.39, 0.29) is 6.04 Å². The van der Waals surface area contributed by atoms with Crippen LogP contribution in [0.3, 0.4) is 0 Å². The molecule has 0 radical (unpaired) electrons. The maximum atomic E-state index is 5.37. The Bertz CT molecular complexity index is 344. The van der Waals surface area contributed by atoms with Gasteiger partial charge in [0.15, 0.2) is 0 Å². The summed E-state index contributed by atoms with van der Waals surface area (Å²) < 4.78 is 10.6. The van der Waals surface area contributed by atoms with E-state index in [1.165, 1.54) is 0 Å². The van der Waals surface area contributed by atoms with E-state index in [1.54, 1.807) is 14.2 Å². The maximum absolute atomic E-state index is 5.37. The number of methoxy groups -OCH3 is 2. The lowest BCUT2D eigenvalue weighted by atomic mass is 10.1. The number of hydrogen-bond donors (Lipinski definition) is 1.